The number of hydrogen-bond donors (Lipinski definition) is 2. The van der Waals surface area contributed by atoms with E-state index in [2.05, 4.69) is 50.4 Å². The lowest BCUT2D eigenvalue weighted by atomic mass is 9.86. The van der Waals surface area contributed by atoms with E-state index in [9.17, 15) is 4.79 Å². The van der Waals surface area contributed by atoms with E-state index in [4.69, 9.17) is 5.11 Å². The highest BCUT2D eigenvalue weighted by molar-refractivity contribution is 5.68. The molecule has 17 heavy (non-hydrogen) atoms. The van der Waals surface area contributed by atoms with Crippen LogP contribution in [0.4, 0.5) is 0 Å². The van der Waals surface area contributed by atoms with Gasteiger partial charge < -0.3 is 10.4 Å². The molecule has 0 unspecified atom stereocenters. The zero-order chi connectivity index (χ0) is 12.9. The van der Waals surface area contributed by atoms with Crippen molar-refractivity contribution >= 4 is 5.97 Å². The fourth-order valence-electron chi connectivity index (χ4n) is 1.60. The van der Waals surface area contributed by atoms with Gasteiger partial charge in [-0.3, -0.25) is 4.79 Å². The van der Waals surface area contributed by atoms with Gasteiger partial charge in [-0.2, -0.15) is 0 Å². The molecular weight excluding hydrogens is 214 g/mol. The molecule has 0 aliphatic carbocycles. The number of rotatable bonds is 5. The highest BCUT2D eigenvalue weighted by atomic mass is 16.4. The second-order valence-corrected chi connectivity index (χ2v) is 5.27. The third-order valence-electron chi connectivity index (χ3n) is 2.69. The van der Waals surface area contributed by atoms with Gasteiger partial charge in [-0.15, -0.1) is 0 Å². The molecule has 2 N–H and O–H groups in total. The Morgan fingerprint density at radius 1 is 1.24 bits per heavy atom. The maximum Gasteiger partial charge on any atom is 0.317 e. The summed E-state index contributed by atoms with van der Waals surface area (Å²) in [5.41, 5.74) is 2.73. The van der Waals surface area contributed by atoms with Gasteiger partial charge in [0.25, 0.3) is 0 Å². The second-order valence-electron chi connectivity index (χ2n) is 5.27. The number of benzene rings is 1. The molecule has 0 heterocycles. The van der Waals surface area contributed by atoms with Crippen LogP contribution in [0.3, 0.4) is 0 Å². The molecule has 1 aromatic carbocycles. The minimum Gasteiger partial charge on any atom is -0.480 e. The van der Waals surface area contributed by atoms with E-state index < -0.39 is 5.97 Å². The van der Waals surface area contributed by atoms with E-state index in [1.54, 1.807) is 0 Å². The van der Waals surface area contributed by atoms with Gasteiger partial charge in [0.2, 0.25) is 0 Å². The van der Waals surface area contributed by atoms with Gasteiger partial charge in [0, 0.05) is 0 Å². The summed E-state index contributed by atoms with van der Waals surface area (Å²) in [6, 6.07) is 8.52. The number of hydrogen-bond acceptors (Lipinski definition) is 2. The number of carboxylic acid groups (broad SMARTS) is 1. The second kappa shape index (κ2) is 5.82. The molecule has 0 aliphatic rings. The SMILES string of the molecule is CC(C)(C)c1ccc(CCNCC(=O)O)cc1. The molecule has 0 spiro atoms. The van der Waals surface area contributed by atoms with Crippen LogP contribution in [-0.2, 0) is 16.6 Å². The van der Waals surface area contributed by atoms with Crippen LogP contribution in [0.15, 0.2) is 24.3 Å². The first-order valence-electron chi connectivity index (χ1n) is 5.91. The molecule has 0 radical (unpaired) electrons. The normalized spacial score (nSPS) is 11.5. The van der Waals surface area contributed by atoms with Crippen LogP contribution in [0.5, 0.6) is 0 Å². The van der Waals surface area contributed by atoms with Crippen molar-refractivity contribution in [3.63, 3.8) is 0 Å². The quantitative estimate of drug-likeness (QED) is 0.769. The van der Waals surface area contributed by atoms with Gasteiger partial charge in [0.15, 0.2) is 0 Å². The average Bonchev–Trinajstić information content (AvgIpc) is 2.23. The van der Waals surface area contributed by atoms with Gasteiger partial charge in [-0.25, -0.2) is 0 Å². The summed E-state index contributed by atoms with van der Waals surface area (Å²) in [7, 11) is 0. The highest BCUT2D eigenvalue weighted by Crippen LogP contribution is 2.22. The first kappa shape index (κ1) is 13.7. The minimum absolute atomic E-state index is 0.0279. The topological polar surface area (TPSA) is 49.3 Å². The van der Waals surface area contributed by atoms with Crippen LogP contribution in [0.1, 0.15) is 31.9 Å². The van der Waals surface area contributed by atoms with E-state index in [-0.39, 0.29) is 12.0 Å². The maximum atomic E-state index is 10.3. The molecule has 1 aromatic rings. The lowest BCUT2D eigenvalue weighted by Crippen LogP contribution is -2.24. The Labute approximate surface area is 103 Å². The van der Waals surface area contributed by atoms with Gasteiger partial charge >= 0.3 is 5.97 Å². The molecule has 94 valence electrons. The summed E-state index contributed by atoms with van der Waals surface area (Å²) in [4.78, 5) is 10.3. The number of carboxylic acids is 1. The van der Waals surface area contributed by atoms with Crippen molar-refractivity contribution in [2.75, 3.05) is 13.1 Å². The number of aliphatic carboxylic acids is 1. The van der Waals surface area contributed by atoms with Crippen molar-refractivity contribution in [2.24, 2.45) is 0 Å². The predicted molar refractivity (Wildman–Crippen MR) is 69.4 cm³/mol. The summed E-state index contributed by atoms with van der Waals surface area (Å²) in [6.07, 6.45) is 0.859. The van der Waals surface area contributed by atoms with Crippen molar-refractivity contribution in [2.45, 2.75) is 32.6 Å². The van der Waals surface area contributed by atoms with Crippen LogP contribution in [-0.4, -0.2) is 24.2 Å². The Morgan fingerprint density at radius 2 is 1.82 bits per heavy atom. The Kier molecular flexibility index (Phi) is 4.70. The van der Waals surface area contributed by atoms with Crippen molar-refractivity contribution < 1.29 is 9.90 Å². The number of nitrogens with one attached hydrogen (secondary N) is 1. The summed E-state index contributed by atoms with van der Waals surface area (Å²) in [5, 5.41) is 11.4. The molecular formula is C14H21NO2. The third kappa shape index (κ3) is 5.00. The molecule has 0 saturated heterocycles. The molecule has 0 saturated carbocycles. The highest BCUT2D eigenvalue weighted by Gasteiger charge is 2.12. The lowest BCUT2D eigenvalue weighted by molar-refractivity contribution is -0.135. The summed E-state index contributed by atoms with van der Waals surface area (Å²) in [6.45, 7) is 7.30. The molecule has 0 amide bonds. The van der Waals surface area contributed by atoms with Crippen LogP contribution in [0, 0.1) is 0 Å². The first-order chi connectivity index (χ1) is 7.89. The number of carbonyl (C=O) groups is 1. The minimum atomic E-state index is -0.812. The predicted octanol–water partition coefficient (Wildman–Crippen LogP) is 2.20. The van der Waals surface area contributed by atoms with E-state index in [0.29, 0.717) is 6.54 Å². The van der Waals surface area contributed by atoms with Gasteiger partial charge in [0.1, 0.15) is 0 Å². The molecule has 0 aliphatic heterocycles. The summed E-state index contributed by atoms with van der Waals surface area (Å²) in [5.74, 6) is -0.812. The van der Waals surface area contributed by atoms with Crippen molar-refractivity contribution in [3.05, 3.63) is 35.4 Å². The Morgan fingerprint density at radius 3 is 2.29 bits per heavy atom. The summed E-state index contributed by atoms with van der Waals surface area (Å²) >= 11 is 0. The van der Waals surface area contributed by atoms with Crippen molar-refractivity contribution in [3.8, 4) is 0 Å². The largest absolute Gasteiger partial charge is 0.480 e. The lowest BCUT2D eigenvalue weighted by Gasteiger charge is -2.19. The van der Waals surface area contributed by atoms with Crippen LogP contribution in [0.2, 0.25) is 0 Å². The Hall–Kier alpha value is -1.35. The fourth-order valence-corrected chi connectivity index (χ4v) is 1.60. The third-order valence-corrected chi connectivity index (χ3v) is 2.69. The Balaban J connectivity index is 2.43. The van der Waals surface area contributed by atoms with Crippen molar-refractivity contribution in [1.82, 2.24) is 5.32 Å². The fraction of sp³-hybridized carbons (Fsp3) is 0.500. The molecule has 3 nitrogen and oxygen atoms in total. The molecule has 0 fully saturated rings. The first-order valence-corrected chi connectivity index (χ1v) is 5.91. The molecule has 0 atom stereocenters. The molecule has 1 rings (SSSR count). The van der Waals surface area contributed by atoms with Crippen LogP contribution >= 0.6 is 0 Å². The zero-order valence-electron chi connectivity index (χ0n) is 10.8. The average molecular weight is 235 g/mol. The van der Waals surface area contributed by atoms with E-state index in [1.165, 1.54) is 11.1 Å². The Bertz CT molecular complexity index is 363. The molecule has 0 bridgehead atoms. The van der Waals surface area contributed by atoms with E-state index in [0.717, 1.165) is 6.42 Å². The van der Waals surface area contributed by atoms with Gasteiger partial charge in [0.05, 0.1) is 6.54 Å². The van der Waals surface area contributed by atoms with Crippen LogP contribution in [0.25, 0.3) is 0 Å². The maximum absolute atomic E-state index is 10.3. The standard InChI is InChI=1S/C14H21NO2/c1-14(2,3)12-6-4-11(5-7-12)8-9-15-10-13(16)17/h4-7,15H,8-10H2,1-3H3,(H,16,17). The molecule has 3 heteroatoms. The monoisotopic (exact) mass is 235 g/mol. The van der Waals surface area contributed by atoms with E-state index in [1.807, 2.05) is 0 Å². The van der Waals surface area contributed by atoms with Gasteiger partial charge in [-0.1, -0.05) is 45.0 Å². The van der Waals surface area contributed by atoms with E-state index >= 15 is 0 Å². The molecule has 0 aromatic heterocycles. The van der Waals surface area contributed by atoms with Crippen molar-refractivity contribution in [1.29, 1.82) is 0 Å². The van der Waals surface area contributed by atoms with Crippen LogP contribution < -0.4 is 5.32 Å². The smallest absolute Gasteiger partial charge is 0.317 e. The summed E-state index contributed by atoms with van der Waals surface area (Å²) < 4.78 is 0. The van der Waals surface area contributed by atoms with Gasteiger partial charge in [-0.05, 0) is 29.5 Å². The zero-order valence-corrected chi connectivity index (χ0v) is 10.8.